The predicted molar refractivity (Wildman–Crippen MR) is 66.1 cm³/mol. The van der Waals surface area contributed by atoms with E-state index in [-0.39, 0.29) is 11.9 Å². The highest BCUT2D eigenvalue weighted by molar-refractivity contribution is 9.10. The number of halogens is 1. The molecule has 86 valence electrons. The number of rotatable bonds is 3. The van der Waals surface area contributed by atoms with E-state index in [1.165, 1.54) is 0 Å². The second-order valence-corrected chi connectivity index (χ2v) is 4.84. The second-order valence-electron chi connectivity index (χ2n) is 3.93. The Morgan fingerprint density at radius 1 is 1.25 bits per heavy atom. The zero-order chi connectivity index (χ0) is 11.4. The Balaban J connectivity index is 1.86. The zero-order valence-electron chi connectivity index (χ0n) is 8.91. The molecule has 1 atom stereocenters. The summed E-state index contributed by atoms with van der Waals surface area (Å²) >= 11 is 3.36. The van der Waals surface area contributed by atoms with Crippen LogP contribution in [0.1, 0.15) is 25.7 Å². The fourth-order valence-electron chi connectivity index (χ4n) is 1.73. The average molecular weight is 284 g/mol. The van der Waals surface area contributed by atoms with E-state index in [9.17, 15) is 4.79 Å². The molecular weight excluding hydrogens is 270 g/mol. The van der Waals surface area contributed by atoms with E-state index >= 15 is 0 Å². The van der Waals surface area contributed by atoms with Gasteiger partial charge in [0.1, 0.15) is 6.10 Å². The van der Waals surface area contributed by atoms with Crippen molar-refractivity contribution in [1.29, 1.82) is 0 Å². The topological polar surface area (TPSA) is 38.3 Å². The molecule has 1 aliphatic carbocycles. The summed E-state index contributed by atoms with van der Waals surface area (Å²) in [6, 6.07) is 7.65. The highest BCUT2D eigenvalue weighted by Gasteiger charge is 2.23. The van der Waals surface area contributed by atoms with Crippen molar-refractivity contribution < 1.29 is 9.63 Å². The van der Waals surface area contributed by atoms with Crippen molar-refractivity contribution in [3.63, 3.8) is 0 Å². The number of carbonyl (C=O) groups excluding carboxylic acids is 1. The summed E-state index contributed by atoms with van der Waals surface area (Å²) in [6.45, 7) is 0. The SMILES string of the molecule is O=C1CCCCC1ONc1ccc(Br)cc1. The number of hydrogen-bond donors (Lipinski definition) is 1. The third-order valence-electron chi connectivity index (χ3n) is 2.66. The molecular formula is C12H14BrNO2. The van der Waals surface area contributed by atoms with Gasteiger partial charge in [-0.3, -0.25) is 15.1 Å². The summed E-state index contributed by atoms with van der Waals surface area (Å²) in [7, 11) is 0. The van der Waals surface area contributed by atoms with E-state index in [0.29, 0.717) is 6.42 Å². The summed E-state index contributed by atoms with van der Waals surface area (Å²) in [5.74, 6) is 0.205. The lowest BCUT2D eigenvalue weighted by Crippen LogP contribution is -2.29. The lowest BCUT2D eigenvalue weighted by atomic mass is 9.97. The largest absolute Gasteiger partial charge is 0.297 e. The molecule has 1 aliphatic rings. The van der Waals surface area contributed by atoms with Crippen LogP contribution < -0.4 is 5.48 Å². The average Bonchev–Trinajstić information content (AvgIpc) is 2.30. The first-order chi connectivity index (χ1) is 7.75. The first-order valence-corrected chi connectivity index (χ1v) is 6.25. The molecule has 1 unspecified atom stereocenters. The van der Waals surface area contributed by atoms with Gasteiger partial charge in [-0.05, 0) is 43.5 Å². The number of Topliss-reactive ketones (excluding diaryl/α,β-unsaturated/α-hetero) is 1. The Morgan fingerprint density at radius 3 is 2.69 bits per heavy atom. The molecule has 1 aromatic carbocycles. The Hall–Kier alpha value is -0.870. The van der Waals surface area contributed by atoms with Crippen molar-refractivity contribution >= 4 is 27.4 Å². The quantitative estimate of drug-likeness (QED) is 0.865. The molecule has 3 nitrogen and oxygen atoms in total. The molecule has 0 heterocycles. The van der Waals surface area contributed by atoms with Gasteiger partial charge in [-0.1, -0.05) is 15.9 Å². The Bertz CT molecular complexity index is 364. The maximum absolute atomic E-state index is 11.5. The molecule has 2 rings (SSSR count). The van der Waals surface area contributed by atoms with Crippen LogP contribution in [0.2, 0.25) is 0 Å². The fourth-order valence-corrected chi connectivity index (χ4v) is 2.00. The maximum atomic E-state index is 11.5. The monoisotopic (exact) mass is 283 g/mol. The molecule has 0 saturated heterocycles. The van der Waals surface area contributed by atoms with Crippen LogP contribution in [-0.4, -0.2) is 11.9 Å². The van der Waals surface area contributed by atoms with Gasteiger partial charge in [-0.15, -0.1) is 0 Å². The molecule has 0 aromatic heterocycles. The van der Waals surface area contributed by atoms with Gasteiger partial charge in [-0.2, -0.15) is 0 Å². The smallest absolute Gasteiger partial charge is 0.164 e. The Kier molecular flexibility index (Phi) is 3.96. The van der Waals surface area contributed by atoms with Crippen molar-refractivity contribution in [2.75, 3.05) is 5.48 Å². The minimum Gasteiger partial charge on any atom is -0.297 e. The summed E-state index contributed by atoms with van der Waals surface area (Å²) in [6.07, 6.45) is 3.25. The van der Waals surface area contributed by atoms with Crippen LogP contribution in [0.5, 0.6) is 0 Å². The van der Waals surface area contributed by atoms with E-state index in [1.807, 2.05) is 24.3 Å². The molecule has 0 spiro atoms. The summed E-state index contributed by atoms with van der Waals surface area (Å²) in [4.78, 5) is 16.9. The van der Waals surface area contributed by atoms with Crippen molar-refractivity contribution in [2.24, 2.45) is 0 Å². The van der Waals surface area contributed by atoms with Gasteiger partial charge in [0.05, 0.1) is 5.69 Å². The normalized spacial score (nSPS) is 20.8. The number of anilines is 1. The summed E-state index contributed by atoms with van der Waals surface area (Å²) in [5.41, 5.74) is 3.69. The molecule has 16 heavy (non-hydrogen) atoms. The third kappa shape index (κ3) is 3.06. The van der Waals surface area contributed by atoms with Crippen molar-refractivity contribution in [3.8, 4) is 0 Å². The van der Waals surface area contributed by atoms with Crippen LogP contribution >= 0.6 is 15.9 Å². The maximum Gasteiger partial charge on any atom is 0.164 e. The molecule has 1 N–H and O–H groups in total. The molecule has 0 amide bonds. The van der Waals surface area contributed by atoms with Gasteiger partial charge in [0.25, 0.3) is 0 Å². The van der Waals surface area contributed by atoms with Gasteiger partial charge in [0.2, 0.25) is 0 Å². The van der Waals surface area contributed by atoms with Gasteiger partial charge < -0.3 is 0 Å². The Labute approximate surface area is 103 Å². The third-order valence-corrected chi connectivity index (χ3v) is 3.19. The van der Waals surface area contributed by atoms with Gasteiger partial charge in [-0.25, -0.2) is 0 Å². The predicted octanol–water partition coefficient (Wildman–Crippen LogP) is 3.30. The molecule has 1 aromatic rings. The first-order valence-electron chi connectivity index (χ1n) is 5.45. The minimum atomic E-state index is -0.280. The number of benzene rings is 1. The lowest BCUT2D eigenvalue weighted by Gasteiger charge is -2.20. The first kappa shape index (κ1) is 11.6. The van der Waals surface area contributed by atoms with Crippen LogP contribution in [0.4, 0.5) is 5.69 Å². The van der Waals surface area contributed by atoms with E-state index in [2.05, 4.69) is 21.4 Å². The molecule has 0 radical (unpaired) electrons. The minimum absolute atomic E-state index is 0.205. The summed E-state index contributed by atoms with van der Waals surface area (Å²) in [5, 5.41) is 0. The standard InChI is InChI=1S/C12H14BrNO2/c13-9-5-7-10(8-6-9)14-16-12-4-2-1-3-11(12)15/h5-8,12,14H,1-4H2. The van der Waals surface area contributed by atoms with Crippen molar-refractivity contribution in [1.82, 2.24) is 0 Å². The van der Waals surface area contributed by atoms with Gasteiger partial charge in [0, 0.05) is 10.9 Å². The molecule has 0 bridgehead atoms. The molecule has 1 fully saturated rings. The zero-order valence-corrected chi connectivity index (χ0v) is 10.5. The van der Waals surface area contributed by atoms with E-state index < -0.39 is 0 Å². The summed E-state index contributed by atoms with van der Waals surface area (Å²) < 4.78 is 1.02. The number of ketones is 1. The Morgan fingerprint density at radius 2 is 2.00 bits per heavy atom. The number of carbonyl (C=O) groups is 1. The van der Waals surface area contributed by atoms with Crippen LogP contribution in [0.25, 0.3) is 0 Å². The second kappa shape index (κ2) is 5.46. The van der Waals surface area contributed by atoms with E-state index in [4.69, 9.17) is 4.84 Å². The molecule has 4 heteroatoms. The van der Waals surface area contributed by atoms with Crippen LogP contribution in [-0.2, 0) is 9.63 Å². The van der Waals surface area contributed by atoms with Crippen LogP contribution in [0.3, 0.4) is 0 Å². The number of nitrogens with one attached hydrogen (secondary N) is 1. The van der Waals surface area contributed by atoms with Crippen LogP contribution in [0, 0.1) is 0 Å². The highest BCUT2D eigenvalue weighted by atomic mass is 79.9. The van der Waals surface area contributed by atoms with Gasteiger partial charge in [0.15, 0.2) is 5.78 Å². The van der Waals surface area contributed by atoms with E-state index in [0.717, 1.165) is 29.4 Å². The fraction of sp³-hybridized carbons (Fsp3) is 0.417. The lowest BCUT2D eigenvalue weighted by molar-refractivity contribution is -0.131. The van der Waals surface area contributed by atoms with Crippen molar-refractivity contribution in [2.45, 2.75) is 31.8 Å². The highest BCUT2D eigenvalue weighted by Crippen LogP contribution is 2.19. The van der Waals surface area contributed by atoms with Crippen molar-refractivity contribution in [3.05, 3.63) is 28.7 Å². The number of hydrogen-bond acceptors (Lipinski definition) is 3. The van der Waals surface area contributed by atoms with E-state index in [1.54, 1.807) is 0 Å². The molecule has 1 saturated carbocycles. The van der Waals surface area contributed by atoms with Crippen LogP contribution in [0.15, 0.2) is 28.7 Å². The molecule has 0 aliphatic heterocycles. The van der Waals surface area contributed by atoms with Gasteiger partial charge >= 0.3 is 0 Å².